The highest BCUT2D eigenvalue weighted by Gasteiger charge is 2.16. The summed E-state index contributed by atoms with van der Waals surface area (Å²) in [4.78, 5) is 13.4. The summed E-state index contributed by atoms with van der Waals surface area (Å²) in [6, 6.07) is 10.6. The number of nitrogens with zero attached hydrogens (tertiary/aromatic N) is 4. The summed E-state index contributed by atoms with van der Waals surface area (Å²) in [5, 5.41) is 4.28. The van der Waals surface area contributed by atoms with Gasteiger partial charge in [0, 0.05) is 17.6 Å². The van der Waals surface area contributed by atoms with Crippen molar-refractivity contribution in [1.82, 2.24) is 19.5 Å². The van der Waals surface area contributed by atoms with Crippen molar-refractivity contribution >= 4 is 16.7 Å². The Morgan fingerprint density at radius 1 is 1.00 bits per heavy atom. The van der Waals surface area contributed by atoms with Crippen molar-refractivity contribution in [2.45, 2.75) is 32.9 Å². The third-order valence-corrected chi connectivity index (χ3v) is 5.12. The number of ether oxygens (including phenoxy) is 1. The van der Waals surface area contributed by atoms with Crippen LogP contribution in [0.3, 0.4) is 0 Å². The lowest BCUT2D eigenvalue weighted by molar-refractivity contribution is 0.419. The van der Waals surface area contributed by atoms with Gasteiger partial charge in [-0.05, 0) is 56.2 Å². The quantitative estimate of drug-likeness (QED) is 0.466. The molecule has 0 amide bonds. The number of halogens is 1. The Bertz CT molecular complexity index is 1170. The molecule has 0 spiro atoms. The van der Waals surface area contributed by atoms with Gasteiger partial charge >= 0.3 is 0 Å². The number of hydrogen-bond donors (Lipinski definition) is 1. The third kappa shape index (κ3) is 3.83. The highest BCUT2D eigenvalue weighted by molar-refractivity contribution is 5.96. The summed E-state index contributed by atoms with van der Waals surface area (Å²) in [6.07, 6.45) is 5.40. The van der Waals surface area contributed by atoms with Gasteiger partial charge in [0.1, 0.15) is 29.2 Å². The van der Waals surface area contributed by atoms with Crippen LogP contribution in [0.15, 0.2) is 55.2 Å². The number of aromatic nitrogens is 4. The van der Waals surface area contributed by atoms with E-state index in [-0.39, 0.29) is 11.9 Å². The molecule has 0 aliphatic carbocycles. The number of benzene rings is 2. The van der Waals surface area contributed by atoms with E-state index in [1.54, 1.807) is 19.2 Å². The van der Waals surface area contributed by atoms with Crippen molar-refractivity contribution in [2.24, 2.45) is 0 Å². The number of fused-ring (bicyclic) bond motifs is 1. The van der Waals surface area contributed by atoms with Gasteiger partial charge in [0.2, 0.25) is 0 Å². The van der Waals surface area contributed by atoms with Crippen LogP contribution in [0.2, 0.25) is 0 Å². The number of hydrogen-bond acceptors (Lipinski definition) is 5. The van der Waals surface area contributed by atoms with Crippen LogP contribution in [-0.2, 0) is 0 Å². The van der Waals surface area contributed by atoms with Gasteiger partial charge in [0.15, 0.2) is 0 Å². The van der Waals surface area contributed by atoms with Crippen molar-refractivity contribution in [3.05, 3.63) is 66.8 Å². The van der Waals surface area contributed by atoms with Gasteiger partial charge in [-0.1, -0.05) is 12.1 Å². The van der Waals surface area contributed by atoms with Crippen LogP contribution < -0.4 is 10.1 Å². The molecule has 30 heavy (non-hydrogen) atoms. The van der Waals surface area contributed by atoms with E-state index in [9.17, 15) is 4.39 Å². The van der Waals surface area contributed by atoms with Gasteiger partial charge in [0.25, 0.3) is 0 Å². The Morgan fingerprint density at radius 3 is 2.43 bits per heavy atom. The Morgan fingerprint density at radius 2 is 1.77 bits per heavy atom. The molecule has 0 saturated carbocycles. The maximum absolute atomic E-state index is 13.4. The third-order valence-electron chi connectivity index (χ3n) is 5.12. The first-order valence-electron chi connectivity index (χ1n) is 9.85. The molecule has 4 rings (SSSR count). The van der Waals surface area contributed by atoms with Crippen LogP contribution in [-0.4, -0.2) is 26.6 Å². The fourth-order valence-electron chi connectivity index (χ4n) is 3.35. The highest BCUT2D eigenvalue weighted by atomic mass is 19.1. The maximum Gasteiger partial charge on any atom is 0.145 e. The first-order chi connectivity index (χ1) is 14.5. The van der Waals surface area contributed by atoms with Crippen LogP contribution in [0.1, 0.15) is 38.5 Å². The fraction of sp³-hybridized carbons (Fsp3) is 0.261. The molecule has 0 bridgehead atoms. The second-order valence-corrected chi connectivity index (χ2v) is 7.51. The Kier molecular flexibility index (Phi) is 5.35. The first-order valence-corrected chi connectivity index (χ1v) is 9.85. The molecule has 154 valence electrons. The minimum absolute atomic E-state index is 0.0522. The van der Waals surface area contributed by atoms with E-state index in [4.69, 9.17) is 4.74 Å². The predicted octanol–water partition coefficient (Wildman–Crippen LogP) is 5.40. The zero-order chi connectivity index (χ0) is 21.3. The molecule has 2 aromatic heterocycles. The van der Waals surface area contributed by atoms with Crippen molar-refractivity contribution in [2.75, 3.05) is 12.4 Å². The monoisotopic (exact) mass is 405 g/mol. The lowest BCUT2D eigenvalue weighted by Gasteiger charge is -2.16. The largest absolute Gasteiger partial charge is 0.494 e. The minimum atomic E-state index is -0.271. The standard InChI is InChI=1S/C23H24FN5O/c1-14(2)29-11-20(27-13-29)15(3)28-23-19-9-17(16-5-7-18(24)8-6-16)10-21(30-4)22(19)25-12-26-23/h5-15H,1-4H3,(H,25,26,28). The molecule has 2 heterocycles. The van der Waals surface area contributed by atoms with E-state index >= 15 is 0 Å². The molecule has 6 nitrogen and oxygen atoms in total. The average molecular weight is 405 g/mol. The number of methoxy groups -OCH3 is 1. The molecule has 0 radical (unpaired) electrons. The van der Waals surface area contributed by atoms with Crippen molar-refractivity contribution in [3.63, 3.8) is 0 Å². The smallest absolute Gasteiger partial charge is 0.145 e. The Balaban J connectivity index is 1.75. The van der Waals surface area contributed by atoms with Crippen LogP contribution in [0.4, 0.5) is 10.2 Å². The molecule has 4 aromatic rings. The van der Waals surface area contributed by atoms with Crippen LogP contribution in [0.5, 0.6) is 5.75 Å². The molecule has 7 heteroatoms. The molecule has 0 aliphatic rings. The zero-order valence-electron chi connectivity index (χ0n) is 17.4. The molecule has 1 N–H and O–H groups in total. The summed E-state index contributed by atoms with van der Waals surface area (Å²) in [5.41, 5.74) is 3.42. The normalized spacial score (nSPS) is 12.3. The molecule has 1 atom stereocenters. The minimum Gasteiger partial charge on any atom is -0.494 e. The average Bonchev–Trinajstić information content (AvgIpc) is 3.25. The number of rotatable bonds is 6. The summed E-state index contributed by atoms with van der Waals surface area (Å²) in [5.74, 6) is 1.05. The summed E-state index contributed by atoms with van der Waals surface area (Å²) in [6.45, 7) is 6.28. The Labute approximate surface area is 174 Å². The van der Waals surface area contributed by atoms with Crippen molar-refractivity contribution in [1.29, 1.82) is 0 Å². The molecular weight excluding hydrogens is 381 g/mol. The van der Waals surface area contributed by atoms with Crippen LogP contribution in [0.25, 0.3) is 22.0 Å². The number of nitrogens with one attached hydrogen (secondary N) is 1. The van der Waals surface area contributed by atoms with E-state index in [2.05, 4.69) is 38.7 Å². The number of imidazole rings is 1. The van der Waals surface area contributed by atoms with Crippen LogP contribution >= 0.6 is 0 Å². The summed E-state index contributed by atoms with van der Waals surface area (Å²) in [7, 11) is 1.61. The molecule has 1 unspecified atom stereocenters. The van der Waals surface area contributed by atoms with Gasteiger partial charge in [0.05, 0.1) is 25.2 Å². The topological polar surface area (TPSA) is 64.9 Å². The summed E-state index contributed by atoms with van der Waals surface area (Å²) >= 11 is 0. The highest BCUT2D eigenvalue weighted by Crippen LogP contribution is 2.35. The van der Waals surface area contributed by atoms with Gasteiger partial charge < -0.3 is 14.6 Å². The zero-order valence-corrected chi connectivity index (χ0v) is 17.4. The van der Waals surface area contributed by atoms with E-state index in [1.807, 2.05) is 31.6 Å². The van der Waals surface area contributed by atoms with Gasteiger partial charge in [-0.2, -0.15) is 0 Å². The lowest BCUT2D eigenvalue weighted by atomic mass is 10.0. The molecule has 0 saturated heterocycles. The Hall–Kier alpha value is -3.48. The second kappa shape index (κ2) is 8.10. The van der Waals surface area contributed by atoms with Crippen molar-refractivity contribution in [3.8, 4) is 16.9 Å². The molecule has 0 fully saturated rings. The van der Waals surface area contributed by atoms with E-state index in [1.165, 1.54) is 18.5 Å². The first kappa shape index (κ1) is 19.8. The summed E-state index contributed by atoms with van der Waals surface area (Å²) < 4.78 is 21.0. The fourth-order valence-corrected chi connectivity index (χ4v) is 3.35. The van der Waals surface area contributed by atoms with E-state index in [0.717, 1.165) is 22.2 Å². The predicted molar refractivity (Wildman–Crippen MR) is 116 cm³/mol. The van der Waals surface area contributed by atoms with Gasteiger partial charge in [-0.3, -0.25) is 0 Å². The second-order valence-electron chi connectivity index (χ2n) is 7.51. The molecule has 2 aromatic carbocycles. The van der Waals surface area contributed by atoms with E-state index in [0.29, 0.717) is 23.1 Å². The van der Waals surface area contributed by atoms with Crippen LogP contribution in [0, 0.1) is 5.82 Å². The van der Waals surface area contributed by atoms with Crippen molar-refractivity contribution < 1.29 is 9.13 Å². The van der Waals surface area contributed by atoms with E-state index < -0.39 is 0 Å². The molecular formula is C23H24FN5O. The molecule has 0 aliphatic heterocycles. The lowest BCUT2D eigenvalue weighted by Crippen LogP contribution is -2.09. The van der Waals surface area contributed by atoms with Gasteiger partial charge in [-0.15, -0.1) is 0 Å². The number of anilines is 1. The SMILES string of the molecule is COc1cc(-c2ccc(F)cc2)cc2c(NC(C)c3cn(C(C)C)cn3)ncnc12. The maximum atomic E-state index is 13.4. The van der Waals surface area contributed by atoms with Gasteiger partial charge in [-0.25, -0.2) is 19.3 Å².